The van der Waals surface area contributed by atoms with Crippen LogP contribution in [0.5, 0.6) is 0 Å². The molecule has 0 spiro atoms. The van der Waals surface area contributed by atoms with E-state index in [0.29, 0.717) is 36.9 Å². The van der Waals surface area contributed by atoms with E-state index in [1.807, 2.05) is 73.0 Å². The molecule has 1 saturated carbocycles. The molecule has 0 unspecified atom stereocenters. The normalized spacial score (nSPS) is 20.5. The number of alkyl carbamates (subject to hydrolysis) is 2. The lowest BCUT2D eigenvalue weighted by Crippen LogP contribution is -2.52. The molecule has 7 aromatic rings. The van der Waals surface area contributed by atoms with E-state index >= 15 is 0 Å². The van der Waals surface area contributed by atoms with Crippen molar-refractivity contribution in [2.24, 2.45) is 17.8 Å². The lowest BCUT2D eigenvalue weighted by Gasteiger charge is -2.32. The van der Waals surface area contributed by atoms with Gasteiger partial charge in [-0.05, 0) is 103 Å². The Kier molecular flexibility index (Phi) is 13.2. The van der Waals surface area contributed by atoms with Crippen LogP contribution in [0.25, 0.3) is 54.7 Å². The topological polar surface area (TPSA) is 184 Å². The number of aromatic nitrogens is 4. The monoisotopic (exact) mass is 946 g/mol. The van der Waals surface area contributed by atoms with Crippen LogP contribution in [0.15, 0.2) is 91.0 Å². The van der Waals surface area contributed by atoms with Crippen LogP contribution < -0.4 is 10.6 Å². The Labute approximate surface area is 407 Å². The molecule has 70 heavy (non-hydrogen) atoms. The van der Waals surface area contributed by atoms with Gasteiger partial charge in [0.1, 0.15) is 23.7 Å². The number of carbonyl (C=O) groups is 4. The first-order chi connectivity index (χ1) is 34.0. The summed E-state index contributed by atoms with van der Waals surface area (Å²) in [7, 11) is 2.60. The van der Waals surface area contributed by atoms with Gasteiger partial charge in [0.15, 0.2) is 0 Å². The van der Waals surface area contributed by atoms with Crippen LogP contribution >= 0.6 is 0 Å². The Balaban J connectivity index is 0.919. The van der Waals surface area contributed by atoms with Crippen LogP contribution in [0.4, 0.5) is 9.59 Å². The zero-order chi connectivity index (χ0) is 48.6. The highest BCUT2D eigenvalue weighted by molar-refractivity contribution is 6.07. The quantitative estimate of drug-likeness (QED) is 0.0874. The van der Waals surface area contributed by atoms with Crippen molar-refractivity contribution in [3.05, 3.63) is 108 Å². The summed E-state index contributed by atoms with van der Waals surface area (Å²) in [6, 6.07) is 28.1. The fraction of sp³-hybridized carbons (Fsp3) is 0.418. The van der Waals surface area contributed by atoms with E-state index in [9.17, 15) is 19.2 Å². The van der Waals surface area contributed by atoms with Gasteiger partial charge < -0.3 is 44.6 Å². The summed E-state index contributed by atoms with van der Waals surface area (Å²) in [6.45, 7) is 7.63. The molecule has 2 aromatic heterocycles. The molecule has 1 aliphatic carbocycles. The van der Waals surface area contributed by atoms with Gasteiger partial charge >= 0.3 is 12.2 Å². The number of fused-ring (bicyclic) bond motifs is 6. The Morgan fingerprint density at radius 1 is 0.686 bits per heavy atom. The minimum absolute atomic E-state index is 0.0207. The fourth-order valence-electron chi connectivity index (χ4n) is 11.2. The van der Waals surface area contributed by atoms with Crippen molar-refractivity contribution in [3.8, 4) is 11.1 Å². The summed E-state index contributed by atoms with van der Waals surface area (Å²) in [5, 5.41) is 9.69. The zero-order valence-electron chi connectivity index (χ0n) is 40.5. The molecule has 3 aliphatic rings. The summed E-state index contributed by atoms with van der Waals surface area (Å²) >= 11 is 0. The second-order valence-electron chi connectivity index (χ2n) is 19.9. The molecular formula is C55H62N8O7. The first kappa shape index (κ1) is 46.7. The smallest absolute Gasteiger partial charge is 0.407 e. The molecule has 6 atom stereocenters. The maximum absolute atomic E-state index is 14.7. The third kappa shape index (κ3) is 9.14. The van der Waals surface area contributed by atoms with Crippen LogP contribution in [-0.2, 0) is 23.8 Å². The predicted molar refractivity (Wildman–Crippen MR) is 269 cm³/mol. The van der Waals surface area contributed by atoms with E-state index in [2.05, 4.69) is 69.1 Å². The van der Waals surface area contributed by atoms with Crippen LogP contribution in [0.1, 0.15) is 101 Å². The van der Waals surface area contributed by atoms with Crippen LogP contribution in [0.3, 0.4) is 0 Å². The van der Waals surface area contributed by atoms with Gasteiger partial charge in [-0.15, -0.1) is 0 Å². The van der Waals surface area contributed by atoms with Gasteiger partial charge in [0.05, 0.1) is 55.0 Å². The number of benzene rings is 5. The molecule has 4 N–H and O–H groups in total. The molecule has 5 aromatic carbocycles. The maximum atomic E-state index is 14.7. The van der Waals surface area contributed by atoms with E-state index in [4.69, 9.17) is 24.2 Å². The molecule has 4 heterocycles. The number of hydrogen-bond acceptors (Lipinski definition) is 9. The fourth-order valence-corrected chi connectivity index (χ4v) is 11.2. The van der Waals surface area contributed by atoms with Gasteiger partial charge in [0.2, 0.25) is 5.91 Å². The number of carbonyl (C=O) groups excluding carboxylic acids is 4. The van der Waals surface area contributed by atoms with Gasteiger partial charge in [-0.3, -0.25) is 9.59 Å². The SMILES string of the molecule is COC(=O)N[C@H](C(=O)N1[C@@H](C)CC[C@H]1c1nc2ccc3cc(-c4ccc5c(ccc6nc([C@@H]7C[C@H](COCC8CCCC8)CN7C(=O)[C@H](NC(=O)OC)c7ccccc7)[nH]c65)c4)ccc3c2[nH]1)C(C)C. The molecule has 2 aliphatic heterocycles. The maximum Gasteiger partial charge on any atom is 0.407 e. The molecule has 364 valence electrons. The van der Waals surface area contributed by atoms with Crippen molar-refractivity contribution < 1.29 is 33.4 Å². The van der Waals surface area contributed by atoms with Crippen LogP contribution in [0.2, 0.25) is 0 Å². The van der Waals surface area contributed by atoms with Crippen molar-refractivity contribution in [2.45, 2.75) is 95.9 Å². The predicted octanol–water partition coefficient (Wildman–Crippen LogP) is 10.0. The largest absolute Gasteiger partial charge is 0.453 e. The Hall–Kier alpha value is -7.00. The second kappa shape index (κ2) is 19.8. The second-order valence-corrected chi connectivity index (χ2v) is 19.9. The van der Waals surface area contributed by atoms with Crippen molar-refractivity contribution in [3.63, 3.8) is 0 Å². The minimum atomic E-state index is -0.943. The molecule has 15 heteroatoms. The number of likely N-dealkylation sites (tertiary alicyclic amines) is 2. The summed E-state index contributed by atoms with van der Waals surface area (Å²) < 4.78 is 16.1. The van der Waals surface area contributed by atoms with Crippen molar-refractivity contribution in [1.82, 2.24) is 40.4 Å². The van der Waals surface area contributed by atoms with Crippen molar-refractivity contribution in [2.75, 3.05) is 34.0 Å². The summed E-state index contributed by atoms with van der Waals surface area (Å²) in [4.78, 5) is 74.6. The standard InChI is InChI=1S/C55H62N8O7/c1-31(2)46(60-54(66)68-4)53(65)63-32(3)15-24-44(63)50-56-42-22-18-38-26-36(16-20-40(38)48(42)58-50)37-17-21-41-39(27-37)19-23-43-49(41)59-51(57-43)45-25-34(30-70-29-33-11-9-10-12-33)28-62(45)52(64)47(61-55(67)69-5)35-13-7-6-8-14-35/h6-8,13-14,16-23,26-27,31-34,44-47H,9-12,15,24-25,28-30H2,1-5H3,(H,56,58)(H,57,59)(H,60,66)(H,61,67)/t32-,34-,44-,45-,46-,47+/m0/s1. The third-order valence-electron chi connectivity index (χ3n) is 14.9. The van der Waals surface area contributed by atoms with E-state index < -0.39 is 24.3 Å². The lowest BCUT2D eigenvalue weighted by molar-refractivity contribution is -0.137. The van der Waals surface area contributed by atoms with Gasteiger partial charge in [0, 0.05) is 35.9 Å². The number of nitrogens with one attached hydrogen (secondary N) is 4. The van der Waals surface area contributed by atoms with E-state index in [-0.39, 0.29) is 41.8 Å². The zero-order valence-corrected chi connectivity index (χ0v) is 40.5. The number of nitrogens with zero attached hydrogens (tertiary/aromatic N) is 4. The highest BCUT2D eigenvalue weighted by atomic mass is 16.5. The first-order valence-corrected chi connectivity index (χ1v) is 24.8. The number of H-pyrrole nitrogens is 2. The minimum Gasteiger partial charge on any atom is -0.453 e. The number of imidazole rings is 2. The number of methoxy groups -OCH3 is 2. The Bertz CT molecular complexity index is 3070. The average molecular weight is 947 g/mol. The first-order valence-electron chi connectivity index (χ1n) is 24.8. The molecule has 4 amide bonds. The molecule has 3 fully saturated rings. The van der Waals surface area contributed by atoms with Crippen molar-refractivity contribution >= 4 is 67.6 Å². The summed E-state index contributed by atoms with van der Waals surface area (Å²) in [5.41, 5.74) is 6.23. The third-order valence-corrected chi connectivity index (χ3v) is 14.9. The van der Waals surface area contributed by atoms with E-state index in [1.165, 1.54) is 39.9 Å². The number of amides is 4. The highest BCUT2D eigenvalue weighted by Crippen LogP contribution is 2.41. The van der Waals surface area contributed by atoms with Gasteiger partial charge in [-0.1, -0.05) is 93.4 Å². The summed E-state index contributed by atoms with van der Waals surface area (Å²) in [6.07, 6.45) is 5.85. The number of rotatable bonds is 13. The summed E-state index contributed by atoms with van der Waals surface area (Å²) in [5.74, 6) is 1.60. The average Bonchev–Trinajstić information content (AvgIpc) is 4.25. The van der Waals surface area contributed by atoms with Gasteiger partial charge in [-0.2, -0.15) is 0 Å². The Morgan fingerprint density at radius 3 is 1.87 bits per heavy atom. The van der Waals surface area contributed by atoms with Gasteiger partial charge in [0.25, 0.3) is 5.91 Å². The molecule has 15 nitrogen and oxygen atoms in total. The highest BCUT2D eigenvalue weighted by Gasteiger charge is 2.43. The van der Waals surface area contributed by atoms with E-state index in [0.717, 1.165) is 80.0 Å². The van der Waals surface area contributed by atoms with Crippen LogP contribution in [0, 0.1) is 17.8 Å². The Morgan fingerprint density at radius 2 is 1.27 bits per heavy atom. The van der Waals surface area contributed by atoms with Crippen LogP contribution in [-0.4, -0.2) is 99.8 Å². The number of hydrogen-bond donors (Lipinski definition) is 4. The molecule has 0 bridgehead atoms. The lowest BCUT2D eigenvalue weighted by atomic mass is 9.98. The van der Waals surface area contributed by atoms with Gasteiger partial charge in [-0.25, -0.2) is 19.6 Å². The van der Waals surface area contributed by atoms with E-state index in [1.54, 1.807) is 0 Å². The number of aromatic amines is 2. The number of ether oxygens (including phenoxy) is 3. The van der Waals surface area contributed by atoms with Crippen molar-refractivity contribution in [1.29, 1.82) is 0 Å². The molecule has 0 radical (unpaired) electrons. The molecular weight excluding hydrogens is 885 g/mol. The molecule has 10 rings (SSSR count). The molecule has 2 saturated heterocycles.